The number of azide groups is 1. The van der Waals surface area contributed by atoms with E-state index in [0.717, 1.165) is 54.5 Å². The van der Waals surface area contributed by atoms with Crippen LogP contribution in [-0.2, 0) is 29.1 Å². The Morgan fingerprint density at radius 3 is 2.04 bits per heavy atom. The third-order valence-electron chi connectivity index (χ3n) is 9.70. The van der Waals surface area contributed by atoms with Gasteiger partial charge in [-0.3, -0.25) is 0 Å². The van der Waals surface area contributed by atoms with Gasteiger partial charge in [-0.15, -0.1) is 0 Å². The molecule has 8 heteroatoms. The number of benzene rings is 4. The number of nitrogens with zero attached hydrogens (tertiary/aromatic N) is 3. The van der Waals surface area contributed by atoms with E-state index >= 15 is 0 Å². The van der Waals surface area contributed by atoms with Gasteiger partial charge in [0.1, 0.15) is 0 Å². The molecule has 0 radical (unpaired) electrons. The van der Waals surface area contributed by atoms with Crippen LogP contribution in [0, 0.1) is 5.92 Å². The average Bonchev–Trinajstić information content (AvgIpc) is 3.88. The summed E-state index contributed by atoms with van der Waals surface area (Å²) >= 11 is 0.0239. The molecule has 0 bridgehead atoms. The van der Waals surface area contributed by atoms with Gasteiger partial charge >= 0.3 is 285 Å². The van der Waals surface area contributed by atoms with Crippen molar-refractivity contribution in [1.29, 1.82) is 0 Å². The van der Waals surface area contributed by atoms with Crippen LogP contribution in [-0.4, -0.2) is 51.0 Å². The zero-order chi connectivity index (χ0) is 32.5. The molecule has 4 aromatic carbocycles. The van der Waals surface area contributed by atoms with E-state index in [1.165, 1.54) is 4.46 Å². The van der Waals surface area contributed by atoms with Crippen molar-refractivity contribution in [1.82, 2.24) is 0 Å². The first-order chi connectivity index (χ1) is 23.0. The maximum absolute atomic E-state index is 12.0. The monoisotopic (exact) mass is 697 g/mol. The van der Waals surface area contributed by atoms with E-state index in [1.54, 1.807) is 7.11 Å². The number of rotatable bonds is 15. The molecule has 0 spiro atoms. The van der Waals surface area contributed by atoms with Gasteiger partial charge in [-0.2, -0.15) is 0 Å². The van der Waals surface area contributed by atoms with Gasteiger partial charge in [0.15, 0.2) is 0 Å². The molecule has 2 aliphatic carbocycles. The number of hydrogen-bond acceptors (Lipinski definition) is 5. The molecule has 6 rings (SSSR count). The topological polar surface area (TPSA) is 96.7 Å². The van der Waals surface area contributed by atoms with Crippen molar-refractivity contribution in [3.63, 3.8) is 0 Å². The second-order valence-electron chi connectivity index (χ2n) is 12.8. The molecule has 0 amide bonds. The molecule has 1 N–H and O–H groups in total. The number of hydrogen-bond donors (Lipinski definition) is 1. The summed E-state index contributed by atoms with van der Waals surface area (Å²) in [7, 11) is 1.65. The summed E-state index contributed by atoms with van der Waals surface area (Å²) in [6.07, 6.45) is 3.97. The van der Waals surface area contributed by atoms with E-state index in [2.05, 4.69) is 58.6 Å². The van der Waals surface area contributed by atoms with E-state index < -0.39 is 17.7 Å². The molecule has 0 aromatic heterocycles. The summed E-state index contributed by atoms with van der Waals surface area (Å²) in [6.45, 7) is 0.869. The van der Waals surface area contributed by atoms with E-state index in [-0.39, 0.29) is 31.3 Å². The minimum atomic E-state index is -0.709. The van der Waals surface area contributed by atoms with Crippen LogP contribution in [0.25, 0.3) is 10.4 Å². The molecule has 47 heavy (non-hydrogen) atoms. The van der Waals surface area contributed by atoms with Crippen molar-refractivity contribution >= 4 is 19.4 Å². The summed E-state index contributed by atoms with van der Waals surface area (Å²) in [4.78, 5) is 3.35. The first-order valence-corrected chi connectivity index (χ1v) is 18.2. The van der Waals surface area contributed by atoms with Gasteiger partial charge in [0.25, 0.3) is 0 Å². The molecule has 2 fully saturated rings. The molecule has 0 aliphatic heterocycles. The fraction of sp³-hybridized carbons (Fsp3) is 0.385. The Kier molecular flexibility index (Phi) is 11.0. The first kappa shape index (κ1) is 33.3. The van der Waals surface area contributed by atoms with Crippen molar-refractivity contribution in [2.45, 2.75) is 79.9 Å². The van der Waals surface area contributed by atoms with E-state index in [4.69, 9.17) is 14.2 Å². The fourth-order valence-corrected chi connectivity index (χ4v) is 10.4. The average molecular weight is 697 g/mol. The quantitative estimate of drug-likeness (QED) is 0.0600. The van der Waals surface area contributed by atoms with Gasteiger partial charge < -0.3 is 0 Å². The summed E-state index contributed by atoms with van der Waals surface area (Å²) in [5, 5.41) is 16.5. The maximum atomic E-state index is 12.0. The Morgan fingerprint density at radius 2 is 1.45 bits per heavy atom. The zero-order valence-electron chi connectivity index (χ0n) is 26.9. The third-order valence-corrected chi connectivity index (χ3v) is 13.2. The number of ether oxygens (including phenoxy) is 3. The molecular formula is C39H43N3O4Se. The van der Waals surface area contributed by atoms with E-state index in [1.807, 2.05) is 66.7 Å². The Bertz CT molecular complexity index is 1600. The van der Waals surface area contributed by atoms with Gasteiger partial charge in [0, 0.05) is 0 Å². The van der Waals surface area contributed by atoms with Crippen LogP contribution in [0.4, 0.5) is 0 Å². The summed E-state index contributed by atoms with van der Waals surface area (Å²) in [5.74, 6) is 0.665. The van der Waals surface area contributed by atoms with Crippen molar-refractivity contribution in [3.05, 3.63) is 142 Å². The van der Waals surface area contributed by atoms with Gasteiger partial charge in [0.05, 0.1) is 0 Å². The van der Waals surface area contributed by atoms with Gasteiger partial charge in [0.2, 0.25) is 0 Å². The van der Waals surface area contributed by atoms with Crippen LogP contribution < -0.4 is 9.20 Å². The zero-order valence-corrected chi connectivity index (χ0v) is 28.6. The number of methoxy groups -OCH3 is 1. The molecular weight excluding hydrogens is 653 g/mol. The molecule has 0 unspecified atom stereocenters. The molecule has 244 valence electrons. The molecule has 4 aromatic rings. The van der Waals surface area contributed by atoms with Crippen LogP contribution in [0.3, 0.4) is 0 Å². The number of aliphatic hydroxyl groups is 1. The standard InChI is InChI=1S/C39H43N3O4Se/c1-44-32-19-17-29(18-20-32)25-35(41-42-40)37(46-28-31-13-7-3-8-14-31)34-26-39(38(43)23-24-38,47-33-15-9-4-10-16-33)22-21-36(34)45-27-30-11-5-2-6-12-30/h2-20,34-37,43H,21-28H2,1H3/t34-,35-,36-,37-,39-/m0/s1. The van der Waals surface area contributed by atoms with Gasteiger partial charge in [-0.25, -0.2) is 0 Å². The van der Waals surface area contributed by atoms with Crippen molar-refractivity contribution in [3.8, 4) is 5.75 Å². The van der Waals surface area contributed by atoms with Crippen LogP contribution in [0.15, 0.2) is 120 Å². The van der Waals surface area contributed by atoms with Crippen LogP contribution >= 0.6 is 0 Å². The van der Waals surface area contributed by atoms with Crippen molar-refractivity contribution in [2.24, 2.45) is 11.0 Å². The SMILES string of the molecule is COc1ccc(C[C@H](N=[N+]=[N-])[C@@H](OCc2ccccc2)[C@H]2C[C@]([Se]c3ccccc3)(C3(O)CC3)CC[C@@H]2OCc2ccccc2)cc1. The predicted octanol–water partition coefficient (Wildman–Crippen LogP) is 7.60. The molecule has 5 atom stereocenters. The molecule has 2 saturated carbocycles. The van der Waals surface area contributed by atoms with E-state index in [9.17, 15) is 10.6 Å². The molecule has 2 aliphatic rings. The fourth-order valence-electron chi connectivity index (χ4n) is 6.99. The third kappa shape index (κ3) is 8.28. The van der Waals surface area contributed by atoms with Crippen LogP contribution in [0.5, 0.6) is 5.75 Å². The minimum absolute atomic E-state index is 0.0239. The van der Waals surface area contributed by atoms with Crippen LogP contribution in [0.1, 0.15) is 48.8 Å². The summed E-state index contributed by atoms with van der Waals surface area (Å²) < 4.78 is 20.1. The summed E-state index contributed by atoms with van der Waals surface area (Å²) in [5.41, 5.74) is 12.4. The first-order valence-electron chi connectivity index (χ1n) is 16.5. The molecule has 7 nitrogen and oxygen atoms in total. The second-order valence-corrected chi connectivity index (χ2v) is 15.8. The van der Waals surface area contributed by atoms with Crippen molar-refractivity contribution in [2.75, 3.05) is 7.11 Å². The normalized spacial score (nSPS) is 22.9. The Labute approximate surface area is 284 Å². The van der Waals surface area contributed by atoms with E-state index in [0.29, 0.717) is 19.6 Å². The van der Waals surface area contributed by atoms with Crippen molar-refractivity contribution < 1.29 is 19.3 Å². The molecule has 0 saturated heterocycles. The second kappa shape index (κ2) is 15.5. The Morgan fingerprint density at radius 1 is 0.830 bits per heavy atom. The van der Waals surface area contributed by atoms with Gasteiger partial charge in [-0.05, 0) is 0 Å². The van der Waals surface area contributed by atoms with Crippen LogP contribution in [0.2, 0.25) is 4.31 Å². The van der Waals surface area contributed by atoms with Gasteiger partial charge in [-0.1, -0.05) is 0 Å². The molecule has 0 heterocycles. The predicted molar refractivity (Wildman–Crippen MR) is 186 cm³/mol. The summed E-state index contributed by atoms with van der Waals surface area (Å²) in [6, 6.07) is 38.4. The Hall–Kier alpha value is -3.61. The Balaban J connectivity index is 1.38.